The number of amides is 1. The number of carbonyl (C=O) groups excluding carboxylic acids is 1. The van der Waals surface area contributed by atoms with Gasteiger partial charge >= 0.3 is 6.36 Å². The molecule has 4 aromatic rings. The summed E-state index contributed by atoms with van der Waals surface area (Å²) < 4.78 is 81.7. The number of nitrogens with zero attached hydrogens (tertiary/aromatic N) is 1. The number of rotatable bonds is 9. The van der Waals surface area contributed by atoms with Crippen LogP contribution in [0.3, 0.4) is 0 Å². The summed E-state index contributed by atoms with van der Waals surface area (Å²) in [5, 5.41) is 2.90. The minimum atomic E-state index is -4.79. The van der Waals surface area contributed by atoms with E-state index in [1.54, 1.807) is 42.5 Å². The van der Waals surface area contributed by atoms with Crippen LogP contribution in [-0.2, 0) is 11.3 Å². The normalized spacial score (nSPS) is 16.3. The van der Waals surface area contributed by atoms with Gasteiger partial charge in [-0.2, -0.15) is 0 Å². The number of halogens is 5. The molecule has 1 aliphatic rings. The third-order valence-corrected chi connectivity index (χ3v) is 7.29. The minimum Gasteiger partial charge on any atom is -0.493 e. The number of benzene rings is 4. The number of nitrogens with one attached hydrogen (secondary N) is 1. The summed E-state index contributed by atoms with van der Waals surface area (Å²) in [5.74, 6) is -2.09. The lowest BCUT2D eigenvalue weighted by atomic mass is 9.89. The van der Waals surface area contributed by atoms with Gasteiger partial charge in [0.05, 0.1) is 31.7 Å². The zero-order chi connectivity index (χ0) is 31.4. The molecule has 44 heavy (non-hydrogen) atoms. The summed E-state index contributed by atoms with van der Waals surface area (Å²) in [6.07, 6.45) is -4.80. The first-order chi connectivity index (χ1) is 21.1. The molecule has 1 unspecified atom stereocenters. The number of methoxy groups -OCH3 is 2. The molecule has 228 valence electrons. The Bertz CT molecular complexity index is 1650. The van der Waals surface area contributed by atoms with Crippen molar-refractivity contribution in [2.45, 2.75) is 25.4 Å². The predicted molar refractivity (Wildman–Crippen MR) is 154 cm³/mol. The second-order valence-electron chi connectivity index (χ2n) is 9.99. The van der Waals surface area contributed by atoms with Gasteiger partial charge in [0.15, 0.2) is 11.5 Å². The summed E-state index contributed by atoms with van der Waals surface area (Å²) in [6, 6.07) is 20.4. The first kappa shape index (κ1) is 30.5. The second-order valence-corrected chi connectivity index (χ2v) is 9.99. The number of hydrogen-bond acceptors (Lipinski definition) is 5. The van der Waals surface area contributed by atoms with Crippen LogP contribution in [0.2, 0.25) is 0 Å². The average Bonchev–Trinajstić information content (AvgIpc) is 3.44. The van der Waals surface area contributed by atoms with Crippen molar-refractivity contribution in [1.82, 2.24) is 5.32 Å². The quantitative estimate of drug-likeness (QED) is 0.201. The van der Waals surface area contributed by atoms with Crippen molar-refractivity contribution >= 4 is 11.6 Å². The van der Waals surface area contributed by atoms with Gasteiger partial charge in [0.25, 0.3) is 0 Å². The standard InChI is InChI=1S/C33H27F5N2O4/c1-42-28-8-3-5-22(31(28)43-2)18-39-32(41)24-17-27(29-25(34)6-4-7-26(29)35)40-30(24)21-11-9-19(10-12-21)20-13-15-23(16-14-20)44-33(36,37)38/h3-16,24,30H,17-18H2,1-2H3,(H,39,41)/t24-,30?/m0/s1. The van der Waals surface area contributed by atoms with Gasteiger partial charge in [-0.3, -0.25) is 9.79 Å². The van der Waals surface area contributed by atoms with Crippen LogP contribution in [0.1, 0.15) is 29.2 Å². The number of para-hydroxylation sites is 1. The van der Waals surface area contributed by atoms with Crippen LogP contribution in [0.15, 0.2) is 89.9 Å². The Morgan fingerprint density at radius 3 is 2.07 bits per heavy atom. The highest BCUT2D eigenvalue weighted by Gasteiger charge is 2.38. The SMILES string of the molecule is COc1cccc(CNC(=O)[C@H]2CC(c3c(F)cccc3F)=NC2c2ccc(-c3ccc(OC(F)(F)F)cc3)cc2)c1OC. The van der Waals surface area contributed by atoms with Crippen molar-refractivity contribution in [2.24, 2.45) is 10.9 Å². The van der Waals surface area contributed by atoms with E-state index in [2.05, 4.69) is 15.0 Å². The van der Waals surface area contributed by atoms with E-state index >= 15 is 0 Å². The number of aliphatic imine (C=N–C) groups is 1. The zero-order valence-corrected chi connectivity index (χ0v) is 23.6. The monoisotopic (exact) mass is 610 g/mol. The smallest absolute Gasteiger partial charge is 0.493 e. The fourth-order valence-corrected chi connectivity index (χ4v) is 5.24. The Labute approximate surface area is 250 Å². The van der Waals surface area contributed by atoms with Crippen molar-refractivity contribution in [1.29, 1.82) is 0 Å². The Morgan fingerprint density at radius 1 is 0.864 bits per heavy atom. The number of ether oxygens (including phenoxy) is 3. The van der Waals surface area contributed by atoms with Crippen LogP contribution in [-0.4, -0.2) is 32.2 Å². The molecular formula is C33H27F5N2O4. The number of alkyl halides is 3. The highest BCUT2D eigenvalue weighted by atomic mass is 19.4. The third kappa shape index (κ3) is 6.66. The highest BCUT2D eigenvalue weighted by molar-refractivity contribution is 6.05. The molecule has 6 nitrogen and oxygen atoms in total. The fraction of sp³-hybridized carbons (Fsp3) is 0.212. The fourth-order valence-electron chi connectivity index (χ4n) is 5.24. The molecule has 0 bridgehead atoms. The van der Waals surface area contributed by atoms with Crippen LogP contribution >= 0.6 is 0 Å². The van der Waals surface area contributed by atoms with Crippen LogP contribution in [0.4, 0.5) is 22.0 Å². The molecule has 0 radical (unpaired) electrons. The van der Waals surface area contributed by atoms with Crippen molar-refractivity contribution in [2.75, 3.05) is 14.2 Å². The first-order valence-electron chi connectivity index (χ1n) is 13.5. The van der Waals surface area contributed by atoms with E-state index in [-0.39, 0.29) is 35.9 Å². The van der Waals surface area contributed by atoms with E-state index in [0.29, 0.717) is 33.8 Å². The Hall–Kier alpha value is -4.93. The molecule has 0 saturated carbocycles. The summed E-state index contributed by atoms with van der Waals surface area (Å²) in [7, 11) is 3.00. The molecule has 1 heterocycles. The number of hydrogen-bond donors (Lipinski definition) is 1. The highest BCUT2D eigenvalue weighted by Crippen LogP contribution is 2.39. The van der Waals surface area contributed by atoms with Crippen molar-refractivity contribution in [3.8, 4) is 28.4 Å². The Kier molecular flexibility index (Phi) is 8.84. The van der Waals surface area contributed by atoms with E-state index < -0.39 is 30.0 Å². The van der Waals surface area contributed by atoms with E-state index in [0.717, 1.165) is 12.1 Å². The van der Waals surface area contributed by atoms with Gasteiger partial charge in [0.1, 0.15) is 17.4 Å². The lowest BCUT2D eigenvalue weighted by Gasteiger charge is -2.19. The average molecular weight is 611 g/mol. The van der Waals surface area contributed by atoms with Gasteiger partial charge in [0, 0.05) is 24.2 Å². The molecule has 0 fully saturated rings. The molecule has 0 spiro atoms. The summed E-state index contributed by atoms with van der Waals surface area (Å²) in [6.45, 7) is 0.110. The lowest BCUT2D eigenvalue weighted by Crippen LogP contribution is -2.32. The predicted octanol–water partition coefficient (Wildman–Crippen LogP) is 7.41. The van der Waals surface area contributed by atoms with Crippen molar-refractivity contribution in [3.05, 3.63) is 113 Å². The van der Waals surface area contributed by atoms with Crippen molar-refractivity contribution in [3.63, 3.8) is 0 Å². The summed E-state index contributed by atoms with van der Waals surface area (Å²) >= 11 is 0. The maximum atomic E-state index is 14.7. The third-order valence-electron chi connectivity index (χ3n) is 7.29. The lowest BCUT2D eigenvalue weighted by molar-refractivity contribution is -0.274. The number of carbonyl (C=O) groups is 1. The van der Waals surface area contributed by atoms with Crippen LogP contribution in [0.25, 0.3) is 11.1 Å². The Morgan fingerprint density at radius 2 is 1.48 bits per heavy atom. The summed E-state index contributed by atoms with van der Waals surface area (Å²) in [5.41, 5.74) is 2.48. The van der Waals surface area contributed by atoms with Gasteiger partial charge in [0.2, 0.25) is 5.91 Å². The van der Waals surface area contributed by atoms with E-state index in [1.165, 1.54) is 44.6 Å². The van der Waals surface area contributed by atoms with E-state index in [4.69, 9.17) is 9.47 Å². The van der Waals surface area contributed by atoms with Crippen molar-refractivity contribution < 1.29 is 41.0 Å². The molecule has 1 N–H and O–H groups in total. The van der Waals surface area contributed by atoms with Crippen LogP contribution in [0.5, 0.6) is 17.2 Å². The molecule has 0 aliphatic carbocycles. The molecule has 0 saturated heterocycles. The first-order valence-corrected chi connectivity index (χ1v) is 13.5. The maximum Gasteiger partial charge on any atom is 0.573 e. The topological polar surface area (TPSA) is 69.2 Å². The maximum absolute atomic E-state index is 14.7. The summed E-state index contributed by atoms with van der Waals surface area (Å²) in [4.78, 5) is 18.2. The van der Waals surface area contributed by atoms with Gasteiger partial charge in [-0.15, -0.1) is 13.2 Å². The van der Waals surface area contributed by atoms with Gasteiger partial charge < -0.3 is 19.5 Å². The molecule has 4 aromatic carbocycles. The second kappa shape index (κ2) is 12.7. The molecule has 1 aliphatic heterocycles. The molecule has 0 aromatic heterocycles. The van der Waals surface area contributed by atoms with Gasteiger partial charge in [-0.25, -0.2) is 8.78 Å². The molecular weight excluding hydrogens is 583 g/mol. The molecule has 11 heteroatoms. The minimum absolute atomic E-state index is 0.00792. The zero-order valence-electron chi connectivity index (χ0n) is 23.6. The van der Waals surface area contributed by atoms with Gasteiger partial charge in [-0.1, -0.05) is 54.6 Å². The molecule has 2 atom stereocenters. The van der Waals surface area contributed by atoms with Crippen LogP contribution in [0, 0.1) is 17.6 Å². The van der Waals surface area contributed by atoms with E-state index in [9.17, 15) is 26.7 Å². The van der Waals surface area contributed by atoms with Crippen LogP contribution < -0.4 is 19.5 Å². The Balaban J connectivity index is 1.41. The van der Waals surface area contributed by atoms with Gasteiger partial charge in [-0.05, 0) is 47.0 Å². The molecule has 5 rings (SSSR count). The largest absolute Gasteiger partial charge is 0.573 e. The van der Waals surface area contributed by atoms with E-state index in [1.807, 2.05) is 0 Å². The molecule has 1 amide bonds.